The van der Waals surface area contributed by atoms with Crippen LogP contribution in [0.2, 0.25) is 0 Å². The summed E-state index contributed by atoms with van der Waals surface area (Å²) in [4.78, 5) is 11.1. The fraction of sp³-hybridized carbons (Fsp3) is 0.909. The van der Waals surface area contributed by atoms with Crippen LogP contribution in [0.4, 0.5) is 0 Å². The quantitative estimate of drug-likeness (QED) is 0.577. The predicted octanol–water partition coefficient (Wildman–Crippen LogP) is 1.98. The molecule has 3 fully saturated rings. The molecular weight excluding hydrogens is 164 g/mol. The first-order chi connectivity index (χ1) is 6.29. The molecule has 2 saturated carbocycles. The van der Waals surface area contributed by atoms with Crippen molar-refractivity contribution >= 4 is 5.97 Å². The van der Waals surface area contributed by atoms with Gasteiger partial charge in [-0.1, -0.05) is 13.3 Å². The van der Waals surface area contributed by atoms with Gasteiger partial charge in [-0.15, -0.1) is 0 Å². The molecule has 72 valence electrons. The van der Waals surface area contributed by atoms with E-state index in [9.17, 15) is 4.79 Å². The number of ether oxygens (including phenoxy) is 1. The zero-order valence-electron chi connectivity index (χ0n) is 8.03. The Morgan fingerprint density at radius 2 is 2.23 bits per heavy atom. The van der Waals surface area contributed by atoms with Crippen molar-refractivity contribution in [3.05, 3.63) is 0 Å². The van der Waals surface area contributed by atoms with E-state index in [-0.39, 0.29) is 5.97 Å². The maximum Gasteiger partial charge on any atom is 0.306 e. The maximum atomic E-state index is 11.1. The van der Waals surface area contributed by atoms with Crippen molar-refractivity contribution in [1.82, 2.24) is 0 Å². The zero-order chi connectivity index (χ0) is 9.00. The van der Waals surface area contributed by atoms with E-state index in [0.717, 1.165) is 11.8 Å². The van der Waals surface area contributed by atoms with Crippen LogP contribution in [0.5, 0.6) is 0 Å². The smallest absolute Gasteiger partial charge is 0.306 e. The molecule has 0 amide bonds. The molecule has 1 aliphatic heterocycles. The van der Waals surface area contributed by atoms with E-state index in [2.05, 4.69) is 6.92 Å². The van der Waals surface area contributed by atoms with E-state index in [4.69, 9.17) is 4.74 Å². The molecule has 0 aromatic heterocycles. The summed E-state index contributed by atoms with van der Waals surface area (Å²) in [6, 6.07) is 0. The molecule has 1 heterocycles. The molecule has 2 aliphatic carbocycles. The third-order valence-corrected chi connectivity index (χ3v) is 4.43. The second kappa shape index (κ2) is 2.49. The Hall–Kier alpha value is -0.530. The first-order valence-electron chi connectivity index (χ1n) is 5.49. The van der Waals surface area contributed by atoms with E-state index in [1.54, 1.807) is 0 Å². The number of fused-ring (bicyclic) bond motifs is 5. The van der Waals surface area contributed by atoms with Crippen LogP contribution < -0.4 is 0 Å². The van der Waals surface area contributed by atoms with Crippen LogP contribution in [0.3, 0.4) is 0 Å². The molecule has 2 heteroatoms. The highest BCUT2D eigenvalue weighted by Crippen LogP contribution is 2.57. The topological polar surface area (TPSA) is 26.3 Å². The highest BCUT2D eigenvalue weighted by Gasteiger charge is 2.57. The lowest BCUT2D eigenvalue weighted by atomic mass is 9.79. The van der Waals surface area contributed by atoms with Crippen LogP contribution in [0, 0.1) is 23.7 Å². The zero-order valence-corrected chi connectivity index (χ0v) is 8.03. The molecule has 0 radical (unpaired) electrons. The number of hydrogen-bond donors (Lipinski definition) is 0. The summed E-state index contributed by atoms with van der Waals surface area (Å²) >= 11 is 0. The Bertz CT molecular complexity index is 246. The van der Waals surface area contributed by atoms with Gasteiger partial charge in [-0.3, -0.25) is 4.79 Å². The lowest BCUT2D eigenvalue weighted by molar-refractivity contribution is -0.143. The van der Waals surface area contributed by atoms with Crippen LogP contribution >= 0.6 is 0 Å². The van der Waals surface area contributed by atoms with E-state index < -0.39 is 0 Å². The fourth-order valence-corrected chi connectivity index (χ4v) is 3.86. The molecule has 0 N–H and O–H groups in total. The summed E-state index contributed by atoms with van der Waals surface area (Å²) < 4.78 is 5.41. The number of carbonyl (C=O) groups is 1. The third-order valence-electron chi connectivity index (χ3n) is 4.43. The van der Waals surface area contributed by atoms with Crippen molar-refractivity contribution < 1.29 is 9.53 Å². The number of esters is 1. The predicted molar refractivity (Wildman–Crippen MR) is 48.0 cm³/mol. The monoisotopic (exact) mass is 180 g/mol. The Balaban J connectivity index is 1.84. The number of rotatable bonds is 1. The number of carbonyl (C=O) groups excluding carboxylic acids is 1. The second-order valence-corrected chi connectivity index (χ2v) is 4.89. The first kappa shape index (κ1) is 7.84. The molecule has 0 aromatic rings. The van der Waals surface area contributed by atoms with Crippen molar-refractivity contribution in [2.75, 3.05) is 0 Å². The highest BCUT2D eigenvalue weighted by atomic mass is 16.6. The van der Waals surface area contributed by atoms with Crippen LogP contribution in [-0.2, 0) is 9.53 Å². The average molecular weight is 180 g/mol. The third kappa shape index (κ3) is 0.918. The standard InChI is InChI=1S/C11H16O2/c1-2-6-3-7-4-8(6)11-9(7)5-10(12)13-11/h6-9,11H,2-5H2,1H3. The van der Waals surface area contributed by atoms with Crippen LogP contribution in [0.15, 0.2) is 0 Å². The van der Waals surface area contributed by atoms with Crippen molar-refractivity contribution in [3.8, 4) is 0 Å². The summed E-state index contributed by atoms with van der Waals surface area (Å²) in [6.45, 7) is 2.26. The minimum Gasteiger partial charge on any atom is -0.462 e. The Labute approximate surface area is 78.6 Å². The van der Waals surface area contributed by atoms with Gasteiger partial charge in [-0.05, 0) is 30.6 Å². The molecule has 13 heavy (non-hydrogen) atoms. The van der Waals surface area contributed by atoms with Crippen molar-refractivity contribution in [2.45, 2.75) is 38.7 Å². The van der Waals surface area contributed by atoms with Crippen molar-refractivity contribution in [3.63, 3.8) is 0 Å². The average Bonchev–Trinajstić information content (AvgIpc) is 2.71. The minimum absolute atomic E-state index is 0.0569. The minimum atomic E-state index is 0.0569. The van der Waals surface area contributed by atoms with Crippen LogP contribution in [0.1, 0.15) is 32.6 Å². The summed E-state index contributed by atoms with van der Waals surface area (Å²) in [6.07, 6.45) is 4.99. The molecule has 2 nitrogen and oxygen atoms in total. The second-order valence-electron chi connectivity index (χ2n) is 4.89. The van der Waals surface area contributed by atoms with Crippen molar-refractivity contribution in [2.24, 2.45) is 23.7 Å². The van der Waals surface area contributed by atoms with E-state index in [1.165, 1.54) is 19.3 Å². The molecule has 0 spiro atoms. The van der Waals surface area contributed by atoms with Crippen molar-refractivity contribution in [1.29, 1.82) is 0 Å². The van der Waals surface area contributed by atoms with Gasteiger partial charge < -0.3 is 4.74 Å². The van der Waals surface area contributed by atoms with Gasteiger partial charge in [0.2, 0.25) is 0 Å². The lowest BCUT2D eigenvalue weighted by Crippen LogP contribution is -2.29. The highest BCUT2D eigenvalue weighted by molar-refractivity contribution is 5.72. The summed E-state index contributed by atoms with van der Waals surface area (Å²) in [5.74, 6) is 3.02. The fourth-order valence-electron chi connectivity index (χ4n) is 3.86. The molecule has 5 unspecified atom stereocenters. The molecule has 1 saturated heterocycles. The first-order valence-corrected chi connectivity index (χ1v) is 5.49. The molecule has 5 atom stereocenters. The van der Waals surface area contributed by atoms with E-state index in [0.29, 0.717) is 24.4 Å². The van der Waals surface area contributed by atoms with Gasteiger partial charge in [-0.2, -0.15) is 0 Å². The molecule has 0 aromatic carbocycles. The summed E-state index contributed by atoms with van der Waals surface area (Å²) in [7, 11) is 0. The largest absolute Gasteiger partial charge is 0.462 e. The Morgan fingerprint density at radius 3 is 3.00 bits per heavy atom. The van der Waals surface area contributed by atoms with E-state index in [1.807, 2.05) is 0 Å². The van der Waals surface area contributed by atoms with Gasteiger partial charge in [0.25, 0.3) is 0 Å². The Morgan fingerprint density at radius 1 is 1.38 bits per heavy atom. The van der Waals surface area contributed by atoms with Gasteiger partial charge in [0.05, 0.1) is 6.42 Å². The summed E-state index contributed by atoms with van der Waals surface area (Å²) in [5, 5.41) is 0. The molecular formula is C11H16O2. The normalized spacial score (nSPS) is 52.4. The van der Waals surface area contributed by atoms with Gasteiger partial charge >= 0.3 is 5.97 Å². The van der Waals surface area contributed by atoms with E-state index >= 15 is 0 Å². The van der Waals surface area contributed by atoms with Crippen LogP contribution in [-0.4, -0.2) is 12.1 Å². The van der Waals surface area contributed by atoms with Gasteiger partial charge in [0.15, 0.2) is 0 Å². The number of hydrogen-bond acceptors (Lipinski definition) is 2. The van der Waals surface area contributed by atoms with Gasteiger partial charge in [0, 0.05) is 5.92 Å². The molecule has 2 bridgehead atoms. The Kier molecular flexibility index (Phi) is 1.50. The maximum absolute atomic E-state index is 11.1. The van der Waals surface area contributed by atoms with Crippen LogP contribution in [0.25, 0.3) is 0 Å². The van der Waals surface area contributed by atoms with Gasteiger partial charge in [0.1, 0.15) is 6.10 Å². The molecule has 3 aliphatic rings. The summed E-state index contributed by atoms with van der Waals surface area (Å²) in [5.41, 5.74) is 0. The molecule has 3 rings (SSSR count). The van der Waals surface area contributed by atoms with Gasteiger partial charge in [-0.25, -0.2) is 0 Å². The lowest BCUT2D eigenvalue weighted by Gasteiger charge is -2.28. The SMILES string of the molecule is CCC1CC2CC1C1OC(=O)CC21.